The van der Waals surface area contributed by atoms with E-state index in [1.165, 1.54) is 0 Å². The summed E-state index contributed by atoms with van der Waals surface area (Å²) in [5, 5.41) is 0.679. The van der Waals surface area contributed by atoms with Gasteiger partial charge in [-0.3, -0.25) is 9.59 Å². The highest BCUT2D eigenvalue weighted by atomic mass is 35.5. The van der Waals surface area contributed by atoms with Gasteiger partial charge < -0.3 is 9.80 Å². The quantitative estimate of drug-likeness (QED) is 0.856. The Labute approximate surface area is 129 Å². The molecule has 1 saturated carbocycles. The molecule has 0 unspecified atom stereocenters. The van der Waals surface area contributed by atoms with Crippen molar-refractivity contribution in [1.82, 2.24) is 9.80 Å². The molecular formula is C16H19ClN2O2. The lowest BCUT2D eigenvalue weighted by molar-refractivity contribution is -0.140. The third-order valence-corrected chi connectivity index (χ3v) is 4.39. The van der Waals surface area contributed by atoms with Gasteiger partial charge in [0.05, 0.1) is 6.42 Å². The molecule has 1 saturated heterocycles. The summed E-state index contributed by atoms with van der Waals surface area (Å²) in [6.07, 6.45) is 2.47. The highest BCUT2D eigenvalue weighted by molar-refractivity contribution is 6.30. The highest BCUT2D eigenvalue weighted by Crippen LogP contribution is 2.31. The Bertz CT molecular complexity index is 532. The van der Waals surface area contributed by atoms with Crippen LogP contribution in [0.4, 0.5) is 0 Å². The molecule has 1 aromatic rings. The number of hydrogen-bond donors (Lipinski definition) is 0. The average Bonchev–Trinajstić information content (AvgIpc) is 3.34. The van der Waals surface area contributed by atoms with Gasteiger partial charge in [0.15, 0.2) is 0 Å². The van der Waals surface area contributed by atoms with Crippen LogP contribution < -0.4 is 0 Å². The zero-order valence-electron chi connectivity index (χ0n) is 11.9. The van der Waals surface area contributed by atoms with E-state index >= 15 is 0 Å². The molecule has 21 heavy (non-hydrogen) atoms. The van der Waals surface area contributed by atoms with Crippen LogP contribution in [0.5, 0.6) is 0 Å². The molecule has 0 spiro atoms. The fourth-order valence-corrected chi connectivity index (χ4v) is 2.78. The molecular weight excluding hydrogens is 288 g/mol. The van der Waals surface area contributed by atoms with Crippen molar-refractivity contribution in [1.29, 1.82) is 0 Å². The van der Waals surface area contributed by atoms with E-state index in [4.69, 9.17) is 11.6 Å². The zero-order chi connectivity index (χ0) is 14.8. The van der Waals surface area contributed by atoms with Crippen LogP contribution in [0.3, 0.4) is 0 Å². The van der Waals surface area contributed by atoms with E-state index in [-0.39, 0.29) is 17.7 Å². The topological polar surface area (TPSA) is 40.6 Å². The SMILES string of the molecule is O=C(Cc1ccc(Cl)cc1)N1CCN(C(=O)C2CC2)CC1. The van der Waals surface area contributed by atoms with E-state index in [2.05, 4.69) is 0 Å². The molecule has 0 radical (unpaired) electrons. The molecule has 3 rings (SSSR count). The van der Waals surface area contributed by atoms with Gasteiger partial charge in [-0.1, -0.05) is 23.7 Å². The van der Waals surface area contributed by atoms with Gasteiger partial charge in [0, 0.05) is 37.1 Å². The van der Waals surface area contributed by atoms with Crippen LogP contribution in [-0.4, -0.2) is 47.8 Å². The number of carbonyl (C=O) groups excluding carboxylic acids is 2. The lowest BCUT2D eigenvalue weighted by Gasteiger charge is -2.35. The minimum atomic E-state index is 0.121. The summed E-state index contributed by atoms with van der Waals surface area (Å²) in [7, 11) is 0. The van der Waals surface area contributed by atoms with Crippen molar-refractivity contribution in [3.63, 3.8) is 0 Å². The number of rotatable bonds is 3. The van der Waals surface area contributed by atoms with Crippen LogP contribution >= 0.6 is 11.6 Å². The van der Waals surface area contributed by atoms with Crippen LogP contribution in [0.15, 0.2) is 24.3 Å². The van der Waals surface area contributed by atoms with Crippen LogP contribution in [0, 0.1) is 5.92 Å². The van der Waals surface area contributed by atoms with Crippen LogP contribution in [0.1, 0.15) is 18.4 Å². The van der Waals surface area contributed by atoms with Gasteiger partial charge in [-0.25, -0.2) is 0 Å². The molecule has 2 aliphatic rings. The van der Waals surface area contributed by atoms with Gasteiger partial charge in [0.1, 0.15) is 0 Å². The maximum Gasteiger partial charge on any atom is 0.227 e. The van der Waals surface area contributed by atoms with E-state index in [9.17, 15) is 9.59 Å². The van der Waals surface area contributed by atoms with Gasteiger partial charge in [0.2, 0.25) is 11.8 Å². The minimum absolute atomic E-state index is 0.121. The maximum absolute atomic E-state index is 12.3. The first kappa shape index (κ1) is 14.4. The molecule has 2 fully saturated rings. The van der Waals surface area contributed by atoms with Crippen LogP contribution in [0.25, 0.3) is 0 Å². The predicted molar refractivity (Wildman–Crippen MR) is 81.0 cm³/mol. The molecule has 4 nitrogen and oxygen atoms in total. The second-order valence-electron chi connectivity index (χ2n) is 5.78. The fourth-order valence-electron chi connectivity index (χ4n) is 2.65. The molecule has 0 aromatic heterocycles. The Morgan fingerprint density at radius 2 is 1.57 bits per heavy atom. The molecule has 1 aliphatic carbocycles. The number of hydrogen-bond acceptors (Lipinski definition) is 2. The first-order chi connectivity index (χ1) is 10.1. The Morgan fingerprint density at radius 3 is 2.14 bits per heavy atom. The zero-order valence-corrected chi connectivity index (χ0v) is 12.7. The Kier molecular flexibility index (Phi) is 4.15. The molecule has 112 valence electrons. The summed E-state index contributed by atoms with van der Waals surface area (Å²) in [6.45, 7) is 2.62. The summed E-state index contributed by atoms with van der Waals surface area (Å²) in [5.41, 5.74) is 0.973. The maximum atomic E-state index is 12.3. The molecule has 1 aromatic carbocycles. The standard InChI is InChI=1S/C16H19ClN2O2/c17-14-5-1-12(2-6-14)11-15(20)18-7-9-19(10-8-18)16(21)13-3-4-13/h1-2,5-6,13H,3-4,7-11H2. The van der Waals surface area contributed by atoms with Gasteiger partial charge >= 0.3 is 0 Å². The molecule has 2 amide bonds. The Hall–Kier alpha value is -1.55. The molecule has 0 atom stereocenters. The Balaban J connectivity index is 1.50. The summed E-state index contributed by atoms with van der Waals surface area (Å²) in [6, 6.07) is 7.37. The van der Waals surface area contributed by atoms with E-state index < -0.39 is 0 Å². The summed E-state index contributed by atoms with van der Waals surface area (Å²) >= 11 is 5.84. The molecule has 5 heteroatoms. The second kappa shape index (κ2) is 6.06. The largest absolute Gasteiger partial charge is 0.339 e. The first-order valence-corrected chi connectivity index (χ1v) is 7.82. The van der Waals surface area contributed by atoms with Gasteiger partial charge in [-0.15, -0.1) is 0 Å². The van der Waals surface area contributed by atoms with Gasteiger partial charge in [-0.2, -0.15) is 0 Å². The average molecular weight is 307 g/mol. The number of benzene rings is 1. The lowest BCUT2D eigenvalue weighted by atomic mass is 10.1. The lowest BCUT2D eigenvalue weighted by Crippen LogP contribution is -2.51. The van der Waals surface area contributed by atoms with Crippen molar-refractivity contribution in [2.75, 3.05) is 26.2 Å². The fraction of sp³-hybridized carbons (Fsp3) is 0.500. The number of amides is 2. The molecule has 0 bridgehead atoms. The third-order valence-electron chi connectivity index (χ3n) is 4.14. The van der Waals surface area contributed by atoms with Crippen LogP contribution in [-0.2, 0) is 16.0 Å². The van der Waals surface area contributed by atoms with Crippen molar-refractivity contribution in [3.8, 4) is 0 Å². The van der Waals surface area contributed by atoms with Crippen molar-refractivity contribution in [3.05, 3.63) is 34.9 Å². The number of halogens is 1. The van der Waals surface area contributed by atoms with E-state index in [0.717, 1.165) is 18.4 Å². The first-order valence-electron chi connectivity index (χ1n) is 7.44. The number of piperazine rings is 1. The Morgan fingerprint density at radius 1 is 1.00 bits per heavy atom. The monoisotopic (exact) mass is 306 g/mol. The van der Waals surface area contributed by atoms with Gasteiger partial charge in [0.25, 0.3) is 0 Å². The predicted octanol–water partition coefficient (Wildman–Crippen LogP) is 1.96. The summed E-state index contributed by atoms with van der Waals surface area (Å²) in [4.78, 5) is 28.0. The van der Waals surface area contributed by atoms with Crippen molar-refractivity contribution in [2.24, 2.45) is 5.92 Å². The van der Waals surface area contributed by atoms with Gasteiger partial charge in [-0.05, 0) is 30.5 Å². The van der Waals surface area contributed by atoms with E-state index in [1.54, 1.807) is 12.1 Å². The summed E-state index contributed by atoms with van der Waals surface area (Å²) in [5.74, 6) is 0.664. The van der Waals surface area contributed by atoms with E-state index in [0.29, 0.717) is 37.6 Å². The highest BCUT2D eigenvalue weighted by Gasteiger charge is 2.35. The number of nitrogens with zero attached hydrogens (tertiary/aromatic N) is 2. The van der Waals surface area contributed by atoms with Crippen molar-refractivity contribution >= 4 is 23.4 Å². The van der Waals surface area contributed by atoms with E-state index in [1.807, 2.05) is 21.9 Å². The summed E-state index contributed by atoms with van der Waals surface area (Å²) < 4.78 is 0. The van der Waals surface area contributed by atoms with Crippen molar-refractivity contribution in [2.45, 2.75) is 19.3 Å². The second-order valence-corrected chi connectivity index (χ2v) is 6.22. The minimum Gasteiger partial charge on any atom is -0.339 e. The smallest absolute Gasteiger partial charge is 0.227 e. The van der Waals surface area contributed by atoms with Crippen LogP contribution in [0.2, 0.25) is 5.02 Å². The van der Waals surface area contributed by atoms with Crippen molar-refractivity contribution < 1.29 is 9.59 Å². The normalized spacial score (nSPS) is 18.7. The third kappa shape index (κ3) is 3.56. The molecule has 1 heterocycles. The number of carbonyl (C=O) groups is 2. The molecule has 0 N–H and O–H groups in total. The molecule has 1 aliphatic heterocycles.